The largest absolute Gasteiger partial charge is 0.394 e. The summed E-state index contributed by atoms with van der Waals surface area (Å²) in [6, 6.07) is 5.66. The monoisotopic (exact) mass is 268 g/mol. The number of benzene rings is 1. The predicted molar refractivity (Wildman–Crippen MR) is 64.7 cm³/mol. The second-order valence-electron chi connectivity index (χ2n) is 3.62. The summed E-state index contributed by atoms with van der Waals surface area (Å²) in [5.41, 5.74) is 8.86. The minimum absolute atomic E-state index is 0.0503. The standard InChI is InChI=1S/C11H13BrN2O/c1-6-7-3-2-4-8(12)11(7)14-10(6)9(13)5-15/h2-4,9,14-15H,5,13H2,1H3. The summed E-state index contributed by atoms with van der Waals surface area (Å²) in [7, 11) is 0. The van der Waals surface area contributed by atoms with Crippen molar-refractivity contribution < 1.29 is 5.11 Å². The highest BCUT2D eigenvalue weighted by Gasteiger charge is 2.14. The molecule has 2 aromatic rings. The first-order valence-electron chi connectivity index (χ1n) is 4.78. The first-order valence-corrected chi connectivity index (χ1v) is 5.57. The van der Waals surface area contributed by atoms with E-state index in [1.165, 1.54) is 0 Å². The Morgan fingerprint density at radius 1 is 1.53 bits per heavy atom. The summed E-state index contributed by atoms with van der Waals surface area (Å²) in [6.07, 6.45) is 0. The van der Waals surface area contributed by atoms with Crippen molar-refractivity contribution >= 4 is 26.8 Å². The molecule has 4 N–H and O–H groups in total. The molecule has 2 rings (SSSR count). The van der Waals surface area contributed by atoms with Gasteiger partial charge in [-0.1, -0.05) is 12.1 Å². The van der Waals surface area contributed by atoms with Gasteiger partial charge in [-0.2, -0.15) is 0 Å². The Balaban J connectivity index is 2.69. The molecule has 0 bridgehead atoms. The molecule has 0 aliphatic rings. The van der Waals surface area contributed by atoms with Crippen LogP contribution in [0.1, 0.15) is 17.3 Å². The van der Waals surface area contributed by atoms with E-state index in [2.05, 4.69) is 20.9 Å². The van der Waals surface area contributed by atoms with Crippen molar-refractivity contribution in [3.05, 3.63) is 33.9 Å². The lowest BCUT2D eigenvalue weighted by Crippen LogP contribution is -2.15. The molecule has 1 unspecified atom stereocenters. The Bertz CT molecular complexity index is 493. The molecule has 0 aliphatic carbocycles. The van der Waals surface area contributed by atoms with Crippen molar-refractivity contribution in [2.45, 2.75) is 13.0 Å². The van der Waals surface area contributed by atoms with Gasteiger partial charge in [0.15, 0.2) is 0 Å². The maximum Gasteiger partial charge on any atom is 0.0685 e. The van der Waals surface area contributed by atoms with Gasteiger partial charge in [-0.25, -0.2) is 0 Å². The topological polar surface area (TPSA) is 62.0 Å². The number of para-hydroxylation sites is 1. The number of halogens is 1. The zero-order valence-corrected chi connectivity index (χ0v) is 10.0. The van der Waals surface area contributed by atoms with Crippen molar-refractivity contribution in [2.75, 3.05) is 6.61 Å². The second kappa shape index (κ2) is 3.96. The summed E-state index contributed by atoms with van der Waals surface area (Å²) >= 11 is 3.48. The Morgan fingerprint density at radius 2 is 2.27 bits per heavy atom. The van der Waals surface area contributed by atoms with Crippen LogP contribution >= 0.6 is 15.9 Å². The maximum absolute atomic E-state index is 9.05. The summed E-state index contributed by atoms with van der Waals surface area (Å²) in [5.74, 6) is 0. The molecule has 0 aliphatic heterocycles. The minimum atomic E-state index is -0.343. The van der Waals surface area contributed by atoms with Crippen LogP contribution in [0.3, 0.4) is 0 Å². The number of nitrogens with one attached hydrogen (secondary N) is 1. The summed E-state index contributed by atoms with van der Waals surface area (Å²) < 4.78 is 1.01. The van der Waals surface area contributed by atoms with Gasteiger partial charge in [0.1, 0.15) is 0 Å². The van der Waals surface area contributed by atoms with Crippen LogP contribution in [0.25, 0.3) is 10.9 Å². The molecule has 1 aromatic heterocycles. The number of aliphatic hydroxyl groups is 1. The van der Waals surface area contributed by atoms with Crippen LogP contribution < -0.4 is 5.73 Å². The first kappa shape index (κ1) is 10.7. The van der Waals surface area contributed by atoms with Crippen LogP contribution in [0.2, 0.25) is 0 Å². The Labute approximate surface area is 96.4 Å². The molecule has 4 heteroatoms. The molecule has 1 atom stereocenters. The maximum atomic E-state index is 9.05. The lowest BCUT2D eigenvalue weighted by atomic mass is 10.1. The minimum Gasteiger partial charge on any atom is -0.394 e. The third kappa shape index (κ3) is 1.69. The number of H-pyrrole nitrogens is 1. The van der Waals surface area contributed by atoms with E-state index < -0.39 is 0 Å². The molecule has 15 heavy (non-hydrogen) atoms. The fourth-order valence-electron chi connectivity index (χ4n) is 1.80. The SMILES string of the molecule is Cc1c(C(N)CO)[nH]c2c(Br)cccc12. The average molecular weight is 269 g/mol. The van der Waals surface area contributed by atoms with Gasteiger partial charge in [0.05, 0.1) is 18.2 Å². The van der Waals surface area contributed by atoms with Gasteiger partial charge < -0.3 is 15.8 Å². The molecule has 0 saturated heterocycles. The van der Waals surface area contributed by atoms with E-state index in [0.717, 1.165) is 26.6 Å². The molecule has 0 radical (unpaired) electrons. The van der Waals surface area contributed by atoms with Crippen LogP contribution in [0.5, 0.6) is 0 Å². The molecule has 1 aromatic carbocycles. The number of nitrogens with two attached hydrogens (primary N) is 1. The normalized spacial score (nSPS) is 13.3. The fourth-order valence-corrected chi connectivity index (χ4v) is 2.26. The Morgan fingerprint density at radius 3 is 2.87 bits per heavy atom. The third-order valence-electron chi connectivity index (χ3n) is 2.65. The summed E-state index contributed by atoms with van der Waals surface area (Å²) in [4.78, 5) is 3.25. The van der Waals surface area contributed by atoms with E-state index in [9.17, 15) is 0 Å². The highest BCUT2D eigenvalue weighted by Crippen LogP contribution is 2.29. The molecular formula is C11H13BrN2O. The zero-order valence-electron chi connectivity index (χ0n) is 8.42. The smallest absolute Gasteiger partial charge is 0.0685 e. The van der Waals surface area contributed by atoms with Gasteiger partial charge >= 0.3 is 0 Å². The van der Waals surface area contributed by atoms with Crippen LogP contribution in [0.15, 0.2) is 22.7 Å². The number of rotatable bonds is 2. The molecule has 1 heterocycles. The highest BCUT2D eigenvalue weighted by molar-refractivity contribution is 9.10. The molecular weight excluding hydrogens is 256 g/mol. The van der Waals surface area contributed by atoms with E-state index in [-0.39, 0.29) is 12.6 Å². The van der Waals surface area contributed by atoms with Crippen molar-refractivity contribution in [3.63, 3.8) is 0 Å². The molecule has 0 amide bonds. The average Bonchev–Trinajstić information content (AvgIpc) is 2.57. The highest BCUT2D eigenvalue weighted by atomic mass is 79.9. The third-order valence-corrected chi connectivity index (χ3v) is 3.31. The van der Waals surface area contributed by atoms with E-state index in [1.807, 2.05) is 25.1 Å². The lowest BCUT2D eigenvalue weighted by Gasteiger charge is -2.06. The molecule has 0 saturated carbocycles. The van der Waals surface area contributed by atoms with E-state index in [4.69, 9.17) is 10.8 Å². The number of aryl methyl sites for hydroxylation is 1. The summed E-state index contributed by atoms with van der Waals surface area (Å²) in [5, 5.41) is 10.2. The van der Waals surface area contributed by atoms with Crippen LogP contribution in [-0.4, -0.2) is 16.7 Å². The van der Waals surface area contributed by atoms with E-state index in [0.29, 0.717) is 0 Å². The van der Waals surface area contributed by atoms with Crippen molar-refractivity contribution in [1.82, 2.24) is 4.98 Å². The first-order chi connectivity index (χ1) is 7.15. The van der Waals surface area contributed by atoms with Gasteiger partial charge in [-0.15, -0.1) is 0 Å². The Kier molecular flexibility index (Phi) is 2.82. The molecule has 3 nitrogen and oxygen atoms in total. The van der Waals surface area contributed by atoms with Gasteiger partial charge in [0.2, 0.25) is 0 Å². The number of aromatic amines is 1. The van der Waals surface area contributed by atoms with Crippen LogP contribution in [-0.2, 0) is 0 Å². The van der Waals surface area contributed by atoms with Crippen molar-refractivity contribution in [3.8, 4) is 0 Å². The van der Waals surface area contributed by atoms with Gasteiger partial charge in [-0.05, 0) is 34.5 Å². The van der Waals surface area contributed by atoms with Crippen LogP contribution in [0, 0.1) is 6.92 Å². The number of hydrogen-bond acceptors (Lipinski definition) is 2. The van der Waals surface area contributed by atoms with Gasteiger partial charge in [0, 0.05) is 15.6 Å². The number of hydrogen-bond donors (Lipinski definition) is 3. The number of aliphatic hydroxyl groups excluding tert-OH is 1. The quantitative estimate of drug-likeness (QED) is 0.782. The molecule has 0 spiro atoms. The van der Waals surface area contributed by atoms with E-state index in [1.54, 1.807) is 0 Å². The molecule has 80 valence electrons. The second-order valence-corrected chi connectivity index (χ2v) is 4.47. The lowest BCUT2D eigenvalue weighted by molar-refractivity contribution is 0.266. The van der Waals surface area contributed by atoms with Crippen molar-refractivity contribution in [1.29, 1.82) is 0 Å². The van der Waals surface area contributed by atoms with Gasteiger partial charge in [0.25, 0.3) is 0 Å². The number of aromatic nitrogens is 1. The Hall–Kier alpha value is -0.840. The van der Waals surface area contributed by atoms with Crippen LogP contribution in [0.4, 0.5) is 0 Å². The fraction of sp³-hybridized carbons (Fsp3) is 0.273. The number of fused-ring (bicyclic) bond motifs is 1. The van der Waals surface area contributed by atoms with E-state index >= 15 is 0 Å². The molecule has 0 fully saturated rings. The predicted octanol–water partition coefficient (Wildman–Crippen LogP) is 2.23. The van der Waals surface area contributed by atoms with Crippen molar-refractivity contribution in [2.24, 2.45) is 5.73 Å². The van der Waals surface area contributed by atoms with Gasteiger partial charge in [-0.3, -0.25) is 0 Å². The summed E-state index contributed by atoms with van der Waals surface area (Å²) in [6.45, 7) is 1.96. The zero-order chi connectivity index (χ0) is 11.0.